The van der Waals surface area contributed by atoms with E-state index in [1.807, 2.05) is 18.3 Å². The average molecular weight is 258 g/mol. The number of carbonyl (C=O) groups is 1. The minimum Gasteiger partial charge on any atom is -0.361 e. The smallest absolute Gasteiger partial charge is 0.246 e. The van der Waals surface area contributed by atoms with Gasteiger partial charge in [-0.3, -0.25) is 9.63 Å². The van der Waals surface area contributed by atoms with Crippen LogP contribution in [0.15, 0.2) is 30.5 Å². The van der Waals surface area contributed by atoms with Gasteiger partial charge in [0, 0.05) is 30.1 Å². The van der Waals surface area contributed by atoms with Crippen molar-refractivity contribution in [2.45, 2.75) is 25.7 Å². The lowest BCUT2D eigenvalue weighted by Gasteiger charge is -2.25. The molecule has 0 bridgehead atoms. The van der Waals surface area contributed by atoms with Crippen LogP contribution in [0.1, 0.15) is 24.8 Å². The topological polar surface area (TPSA) is 45.3 Å². The predicted molar refractivity (Wildman–Crippen MR) is 73.5 cm³/mol. The lowest BCUT2D eigenvalue weighted by Crippen LogP contribution is -2.35. The van der Waals surface area contributed by atoms with Gasteiger partial charge in [-0.25, -0.2) is 5.06 Å². The van der Waals surface area contributed by atoms with Gasteiger partial charge in [0.1, 0.15) is 0 Å². The summed E-state index contributed by atoms with van der Waals surface area (Å²) < 4.78 is 0. The van der Waals surface area contributed by atoms with Crippen LogP contribution in [0.2, 0.25) is 0 Å². The summed E-state index contributed by atoms with van der Waals surface area (Å²) in [4.78, 5) is 20.6. The molecule has 1 aromatic carbocycles. The van der Waals surface area contributed by atoms with Crippen LogP contribution in [0.5, 0.6) is 0 Å². The van der Waals surface area contributed by atoms with Gasteiger partial charge in [0.15, 0.2) is 0 Å². The number of para-hydroxylation sites is 1. The first kappa shape index (κ1) is 12.2. The normalized spacial score (nSPS) is 15.9. The van der Waals surface area contributed by atoms with E-state index in [4.69, 9.17) is 4.84 Å². The fourth-order valence-electron chi connectivity index (χ4n) is 2.50. The van der Waals surface area contributed by atoms with Gasteiger partial charge in [-0.05, 0) is 30.9 Å². The highest BCUT2D eigenvalue weighted by Crippen LogP contribution is 2.19. The summed E-state index contributed by atoms with van der Waals surface area (Å²) in [6.07, 6.45) is 5.34. The number of carbonyl (C=O) groups excluding carboxylic acids is 1. The second-order valence-corrected chi connectivity index (χ2v) is 4.90. The number of hydrogen-bond acceptors (Lipinski definition) is 2. The monoisotopic (exact) mass is 258 g/mol. The van der Waals surface area contributed by atoms with Gasteiger partial charge in [0.2, 0.25) is 5.91 Å². The molecule has 2 aromatic rings. The second kappa shape index (κ2) is 5.45. The molecule has 2 heterocycles. The van der Waals surface area contributed by atoms with Gasteiger partial charge in [-0.2, -0.15) is 0 Å². The molecular formula is C15H18N2O2. The van der Waals surface area contributed by atoms with Crippen LogP contribution < -0.4 is 0 Å². The minimum atomic E-state index is 0.0879. The number of benzene rings is 1. The molecule has 1 saturated heterocycles. The first-order chi connectivity index (χ1) is 9.34. The zero-order valence-electron chi connectivity index (χ0n) is 10.9. The number of amides is 1. The molecule has 0 spiro atoms. The molecule has 4 nitrogen and oxygen atoms in total. The van der Waals surface area contributed by atoms with E-state index >= 15 is 0 Å². The zero-order chi connectivity index (χ0) is 13.1. The van der Waals surface area contributed by atoms with Crippen LogP contribution in [0, 0.1) is 0 Å². The number of rotatable bonds is 3. The Balaban J connectivity index is 1.64. The van der Waals surface area contributed by atoms with Crippen LogP contribution in [0.3, 0.4) is 0 Å². The van der Waals surface area contributed by atoms with E-state index in [0.29, 0.717) is 13.0 Å². The van der Waals surface area contributed by atoms with E-state index in [2.05, 4.69) is 17.1 Å². The number of hydroxylamine groups is 2. The van der Waals surface area contributed by atoms with E-state index in [1.54, 1.807) is 0 Å². The molecule has 0 atom stereocenters. The minimum absolute atomic E-state index is 0.0879. The van der Waals surface area contributed by atoms with Crippen LogP contribution >= 0.6 is 0 Å². The average Bonchev–Trinajstić information content (AvgIpc) is 2.89. The van der Waals surface area contributed by atoms with E-state index in [1.165, 1.54) is 16.0 Å². The molecule has 1 aliphatic rings. The summed E-state index contributed by atoms with van der Waals surface area (Å²) in [5, 5.41) is 2.73. The summed E-state index contributed by atoms with van der Waals surface area (Å²) in [5.74, 6) is 0.0879. The maximum absolute atomic E-state index is 12.0. The molecule has 1 aromatic heterocycles. The van der Waals surface area contributed by atoms with Crippen molar-refractivity contribution in [1.29, 1.82) is 0 Å². The van der Waals surface area contributed by atoms with Crippen molar-refractivity contribution in [3.8, 4) is 0 Å². The third-order valence-corrected chi connectivity index (χ3v) is 3.56. The number of H-pyrrole nitrogens is 1. The first-order valence-electron chi connectivity index (χ1n) is 6.83. The van der Waals surface area contributed by atoms with Crippen molar-refractivity contribution in [2.75, 3.05) is 13.2 Å². The summed E-state index contributed by atoms with van der Waals surface area (Å²) in [5.41, 5.74) is 2.32. The number of aromatic amines is 1. The molecule has 1 N–H and O–H groups in total. The van der Waals surface area contributed by atoms with Crippen molar-refractivity contribution in [3.05, 3.63) is 36.0 Å². The number of nitrogens with one attached hydrogen (secondary N) is 1. The lowest BCUT2D eigenvalue weighted by atomic mass is 10.1. The van der Waals surface area contributed by atoms with Crippen molar-refractivity contribution in [2.24, 2.45) is 0 Å². The third-order valence-electron chi connectivity index (χ3n) is 3.56. The largest absolute Gasteiger partial charge is 0.361 e. The Morgan fingerprint density at radius 1 is 1.32 bits per heavy atom. The molecule has 1 aliphatic heterocycles. The van der Waals surface area contributed by atoms with Crippen LogP contribution in [0.25, 0.3) is 10.9 Å². The van der Waals surface area contributed by atoms with Crippen LogP contribution in [0.4, 0.5) is 0 Å². The summed E-state index contributed by atoms with van der Waals surface area (Å²) in [6.45, 7) is 1.39. The van der Waals surface area contributed by atoms with Crippen molar-refractivity contribution in [3.63, 3.8) is 0 Å². The number of aryl methyl sites for hydroxylation is 1. The Labute approximate surface area is 112 Å². The number of hydrogen-bond donors (Lipinski definition) is 1. The van der Waals surface area contributed by atoms with Gasteiger partial charge in [-0.15, -0.1) is 0 Å². The van der Waals surface area contributed by atoms with Gasteiger partial charge in [-0.1, -0.05) is 18.2 Å². The lowest BCUT2D eigenvalue weighted by molar-refractivity contribution is -0.197. The van der Waals surface area contributed by atoms with Gasteiger partial charge >= 0.3 is 0 Å². The van der Waals surface area contributed by atoms with E-state index in [0.717, 1.165) is 31.3 Å². The fraction of sp³-hybridized carbons (Fsp3) is 0.400. The zero-order valence-corrected chi connectivity index (χ0v) is 10.9. The van der Waals surface area contributed by atoms with E-state index < -0.39 is 0 Å². The molecule has 19 heavy (non-hydrogen) atoms. The molecule has 1 fully saturated rings. The SMILES string of the molecule is O=C(CCc1c[nH]c2ccccc12)N1CCCCO1. The Bertz CT molecular complexity index is 570. The maximum Gasteiger partial charge on any atom is 0.246 e. The summed E-state index contributed by atoms with van der Waals surface area (Å²) in [6, 6.07) is 8.17. The highest BCUT2D eigenvalue weighted by Gasteiger charge is 2.17. The molecular weight excluding hydrogens is 240 g/mol. The summed E-state index contributed by atoms with van der Waals surface area (Å²) in [7, 11) is 0. The van der Waals surface area contributed by atoms with Crippen molar-refractivity contribution >= 4 is 16.8 Å². The Morgan fingerprint density at radius 2 is 2.21 bits per heavy atom. The van der Waals surface area contributed by atoms with Gasteiger partial charge in [0.05, 0.1) is 6.61 Å². The highest BCUT2D eigenvalue weighted by molar-refractivity contribution is 5.84. The van der Waals surface area contributed by atoms with Crippen LogP contribution in [-0.2, 0) is 16.1 Å². The Kier molecular flexibility index (Phi) is 3.51. The summed E-state index contributed by atoms with van der Waals surface area (Å²) >= 11 is 0. The molecule has 0 saturated carbocycles. The molecule has 3 rings (SSSR count). The fourth-order valence-corrected chi connectivity index (χ4v) is 2.50. The molecule has 1 amide bonds. The Morgan fingerprint density at radius 3 is 3.05 bits per heavy atom. The predicted octanol–water partition coefficient (Wildman–Crippen LogP) is 2.65. The number of aromatic nitrogens is 1. The Hall–Kier alpha value is -1.81. The molecule has 100 valence electrons. The number of fused-ring (bicyclic) bond motifs is 1. The molecule has 4 heteroatoms. The van der Waals surface area contributed by atoms with Gasteiger partial charge in [0.25, 0.3) is 0 Å². The quantitative estimate of drug-likeness (QED) is 0.920. The first-order valence-corrected chi connectivity index (χ1v) is 6.83. The molecule has 0 unspecified atom stereocenters. The van der Waals surface area contributed by atoms with Crippen molar-refractivity contribution < 1.29 is 9.63 Å². The van der Waals surface area contributed by atoms with E-state index in [9.17, 15) is 4.79 Å². The third kappa shape index (κ3) is 2.63. The maximum atomic E-state index is 12.0. The number of nitrogens with zero attached hydrogens (tertiary/aromatic N) is 1. The second-order valence-electron chi connectivity index (χ2n) is 4.90. The van der Waals surface area contributed by atoms with Crippen molar-refractivity contribution in [1.82, 2.24) is 10.0 Å². The highest BCUT2D eigenvalue weighted by atomic mass is 16.7. The molecule has 0 radical (unpaired) electrons. The van der Waals surface area contributed by atoms with E-state index in [-0.39, 0.29) is 5.91 Å². The molecule has 0 aliphatic carbocycles. The van der Waals surface area contributed by atoms with Crippen LogP contribution in [-0.4, -0.2) is 29.1 Å². The standard InChI is InChI=1S/C15H18N2O2/c18-15(17-9-3-4-10-19-17)8-7-12-11-16-14-6-2-1-5-13(12)14/h1-2,5-6,11,16H,3-4,7-10H2. The van der Waals surface area contributed by atoms with Gasteiger partial charge < -0.3 is 4.98 Å².